The van der Waals surface area contributed by atoms with E-state index in [0.717, 1.165) is 66.5 Å². The third kappa shape index (κ3) is 4.51. The minimum absolute atomic E-state index is 0.137. The number of anilines is 1. The lowest BCUT2D eigenvalue weighted by molar-refractivity contribution is 0.0603. The molecule has 0 spiro atoms. The van der Waals surface area contributed by atoms with E-state index in [2.05, 4.69) is 24.7 Å². The van der Waals surface area contributed by atoms with Gasteiger partial charge in [-0.2, -0.15) is 4.52 Å². The molecule has 0 amide bonds. The first kappa shape index (κ1) is 25.7. The van der Waals surface area contributed by atoms with Gasteiger partial charge in [-0.15, -0.1) is 5.10 Å². The van der Waals surface area contributed by atoms with Crippen LogP contribution in [0.1, 0.15) is 36.6 Å². The van der Waals surface area contributed by atoms with Crippen molar-refractivity contribution in [3.63, 3.8) is 0 Å². The van der Waals surface area contributed by atoms with Crippen LogP contribution in [-0.4, -0.2) is 83.2 Å². The molecule has 1 fully saturated rings. The standard InChI is InChI=1S/C24H33B5N4O4/c1-4-15-11-19(34)33-20(30-15)13(2)14(3)21(31-33)32-9-7-22(25,8-10-32)35-16-5-6-17-18(12-16)37-24(28,29)23(26,27)36-17/h5-6,11-12H,4,7-10,25-29H2,1-3H3. The largest absolute Gasteiger partial charge is 0.499 e. The Hall–Kier alpha value is -2.97. The normalized spacial score (nSPS) is 19.5. The van der Waals surface area contributed by atoms with Crippen LogP contribution in [0.4, 0.5) is 5.82 Å². The molecule has 5 rings (SSSR count). The lowest BCUT2D eigenvalue weighted by Gasteiger charge is -2.47. The summed E-state index contributed by atoms with van der Waals surface area (Å²) in [6.07, 6.45) is 2.36. The molecule has 188 valence electrons. The van der Waals surface area contributed by atoms with Gasteiger partial charge in [0.2, 0.25) is 0 Å². The first-order valence-corrected chi connectivity index (χ1v) is 13.2. The van der Waals surface area contributed by atoms with Crippen molar-refractivity contribution >= 4 is 50.7 Å². The van der Waals surface area contributed by atoms with Crippen molar-refractivity contribution in [3.8, 4) is 17.2 Å². The summed E-state index contributed by atoms with van der Waals surface area (Å²) in [4.78, 5) is 19.7. The number of hydrogen-bond acceptors (Lipinski definition) is 7. The number of aryl methyl sites for hydroxylation is 2. The van der Waals surface area contributed by atoms with Crippen molar-refractivity contribution in [1.82, 2.24) is 14.6 Å². The molecule has 0 atom stereocenters. The van der Waals surface area contributed by atoms with Gasteiger partial charge in [-0.05, 0) is 45.2 Å². The number of aromatic nitrogens is 3. The fourth-order valence-electron chi connectivity index (χ4n) is 4.94. The maximum absolute atomic E-state index is 12.7. The molecule has 8 nitrogen and oxygen atoms in total. The van der Waals surface area contributed by atoms with Crippen LogP contribution in [0.25, 0.3) is 5.65 Å². The predicted octanol–water partition coefficient (Wildman–Crippen LogP) is -2.11. The molecule has 3 aromatic rings. The first-order chi connectivity index (χ1) is 17.3. The molecule has 37 heavy (non-hydrogen) atoms. The smallest absolute Gasteiger partial charge is 0.274 e. The topological polar surface area (TPSA) is 78.2 Å². The fourth-order valence-corrected chi connectivity index (χ4v) is 4.94. The van der Waals surface area contributed by atoms with Gasteiger partial charge in [0.05, 0.1) is 16.3 Å². The Morgan fingerprint density at radius 3 is 2.27 bits per heavy atom. The molecule has 2 aliphatic rings. The molecule has 0 aliphatic carbocycles. The van der Waals surface area contributed by atoms with E-state index in [0.29, 0.717) is 11.4 Å². The van der Waals surface area contributed by atoms with Gasteiger partial charge in [-0.1, -0.05) is 6.92 Å². The minimum Gasteiger partial charge on any atom is -0.499 e. The molecular formula is C24H33B5N4O4. The second kappa shape index (κ2) is 8.81. The summed E-state index contributed by atoms with van der Waals surface area (Å²) in [6.45, 7) is 7.63. The van der Waals surface area contributed by atoms with E-state index in [9.17, 15) is 4.79 Å². The van der Waals surface area contributed by atoms with Crippen LogP contribution in [0, 0.1) is 13.8 Å². The van der Waals surface area contributed by atoms with E-state index >= 15 is 0 Å². The van der Waals surface area contributed by atoms with Gasteiger partial charge in [0.25, 0.3) is 5.56 Å². The molecule has 0 radical (unpaired) electrons. The highest BCUT2D eigenvalue weighted by atomic mass is 16.6. The Balaban J connectivity index is 1.34. The van der Waals surface area contributed by atoms with Crippen LogP contribution >= 0.6 is 0 Å². The molecule has 0 saturated carbocycles. The van der Waals surface area contributed by atoms with E-state index in [1.807, 2.05) is 63.4 Å². The summed E-state index contributed by atoms with van der Waals surface area (Å²) in [7, 11) is 10.3. The lowest BCUT2D eigenvalue weighted by atomic mass is 9.41. The van der Waals surface area contributed by atoms with Crippen molar-refractivity contribution in [2.45, 2.75) is 56.3 Å². The Labute approximate surface area is 222 Å². The van der Waals surface area contributed by atoms with E-state index in [-0.39, 0.29) is 11.1 Å². The zero-order valence-corrected chi connectivity index (χ0v) is 23.3. The molecular weight excluding hydrogens is 462 g/mol. The van der Waals surface area contributed by atoms with Gasteiger partial charge in [0.1, 0.15) is 37.1 Å². The Kier molecular flexibility index (Phi) is 6.11. The average molecular weight is 496 g/mol. The van der Waals surface area contributed by atoms with Crippen LogP contribution in [0.15, 0.2) is 29.1 Å². The van der Waals surface area contributed by atoms with Crippen molar-refractivity contribution in [2.75, 3.05) is 18.0 Å². The third-order valence-corrected chi connectivity index (χ3v) is 8.32. The summed E-state index contributed by atoms with van der Waals surface area (Å²) >= 11 is 0. The van der Waals surface area contributed by atoms with Crippen molar-refractivity contribution in [1.29, 1.82) is 0 Å². The SMILES string of the molecule is BC1(Oc2ccc3c(c2)OC(B)(B)C(B)(B)O3)CCN(c2nn3c(=O)cc(CC)nc3c(C)c2C)CC1. The Morgan fingerprint density at radius 2 is 1.62 bits per heavy atom. The first-order valence-electron chi connectivity index (χ1n) is 13.2. The maximum Gasteiger partial charge on any atom is 0.274 e. The van der Waals surface area contributed by atoms with Crippen LogP contribution in [0.3, 0.4) is 0 Å². The number of benzene rings is 1. The summed E-state index contributed by atoms with van der Waals surface area (Å²) in [5.74, 6) is 3.05. The summed E-state index contributed by atoms with van der Waals surface area (Å²) in [5, 5.41) is 3.83. The Bertz CT molecular complexity index is 1440. The third-order valence-electron chi connectivity index (χ3n) is 8.32. The van der Waals surface area contributed by atoms with E-state index in [1.54, 1.807) is 6.07 Å². The predicted molar refractivity (Wildman–Crippen MR) is 159 cm³/mol. The molecule has 4 heterocycles. The van der Waals surface area contributed by atoms with Crippen LogP contribution in [0.2, 0.25) is 0 Å². The number of nitrogens with zero attached hydrogens (tertiary/aromatic N) is 4. The molecule has 13 heteroatoms. The number of fused-ring (bicyclic) bond motifs is 2. The van der Waals surface area contributed by atoms with Crippen LogP contribution < -0.4 is 24.7 Å². The second-order valence-corrected chi connectivity index (χ2v) is 11.6. The molecule has 0 bridgehead atoms. The van der Waals surface area contributed by atoms with E-state index in [4.69, 9.17) is 19.3 Å². The zero-order chi connectivity index (χ0) is 26.8. The molecule has 2 aromatic heterocycles. The zero-order valence-electron chi connectivity index (χ0n) is 23.3. The quantitative estimate of drug-likeness (QED) is 0.384. The van der Waals surface area contributed by atoms with Gasteiger partial charge in [0.15, 0.2) is 30.8 Å². The van der Waals surface area contributed by atoms with Gasteiger partial charge in [-0.25, -0.2) is 4.98 Å². The number of ether oxygens (including phenoxy) is 3. The molecule has 0 unspecified atom stereocenters. The van der Waals surface area contributed by atoms with E-state index < -0.39 is 10.8 Å². The number of hydrogen-bond donors (Lipinski definition) is 0. The molecule has 0 N–H and O–H groups in total. The summed E-state index contributed by atoms with van der Waals surface area (Å²) in [5.41, 5.74) is 3.01. The van der Waals surface area contributed by atoms with Gasteiger partial charge >= 0.3 is 0 Å². The van der Waals surface area contributed by atoms with Crippen molar-refractivity contribution < 1.29 is 14.2 Å². The molecule has 1 aromatic carbocycles. The summed E-state index contributed by atoms with van der Waals surface area (Å²) in [6, 6.07) is 7.40. The van der Waals surface area contributed by atoms with E-state index in [1.165, 1.54) is 4.52 Å². The minimum atomic E-state index is -0.466. The lowest BCUT2D eigenvalue weighted by Crippen LogP contribution is -2.65. The number of rotatable bonds is 4. The van der Waals surface area contributed by atoms with Gasteiger partial charge in [0, 0.05) is 42.0 Å². The van der Waals surface area contributed by atoms with Crippen molar-refractivity contribution in [2.24, 2.45) is 0 Å². The Morgan fingerprint density at radius 1 is 0.973 bits per heavy atom. The highest BCUT2D eigenvalue weighted by Gasteiger charge is 2.44. The average Bonchev–Trinajstić information content (AvgIpc) is 2.82. The monoisotopic (exact) mass is 496 g/mol. The fraction of sp³-hybridized carbons (Fsp3) is 0.458. The highest BCUT2D eigenvalue weighted by molar-refractivity contribution is 6.53. The number of piperidine rings is 1. The summed E-state index contributed by atoms with van der Waals surface area (Å²) < 4.78 is 20.5. The van der Waals surface area contributed by atoms with Crippen LogP contribution in [0.5, 0.6) is 17.2 Å². The van der Waals surface area contributed by atoms with Gasteiger partial charge < -0.3 is 19.1 Å². The molecule has 1 saturated heterocycles. The molecule has 2 aliphatic heterocycles. The maximum atomic E-state index is 12.7. The van der Waals surface area contributed by atoms with Crippen LogP contribution in [-0.2, 0) is 6.42 Å². The van der Waals surface area contributed by atoms with Gasteiger partial charge in [-0.3, -0.25) is 4.79 Å². The second-order valence-electron chi connectivity index (χ2n) is 11.6. The highest BCUT2D eigenvalue weighted by Crippen LogP contribution is 2.42. The van der Waals surface area contributed by atoms with Crippen molar-refractivity contribution in [3.05, 3.63) is 51.4 Å².